The van der Waals surface area contributed by atoms with Crippen LogP contribution in [0.25, 0.3) is 0 Å². The van der Waals surface area contributed by atoms with Crippen LogP contribution in [-0.4, -0.2) is 75.6 Å². The number of rotatable bonds is 12. The van der Waals surface area contributed by atoms with Crippen molar-refractivity contribution in [2.75, 3.05) is 31.2 Å². The second-order valence-electron chi connectivity index (χ2n) is 8.71. The molecule has 1 saturated heterocycles. The van der Waals surface area contributed by atoms with Crippen LogP contribution in [0.1, 0.15) is 25.8 Å². The van der Waals surface area contributed by atoms with Crippen molar-refractivity contribution in [1.82, 2.24) is 4.90 Å². The number of phenolic OH excluding ortho intramolecular Hbond substituents is 1. The predicted octanol–water partition coefficient (Wildman–Crippen LogP) is 4.11. The van der Waals surface area contributed by atoms with Gasteiger partial charge in [-0.3, -0.25) is 4.90 Å². The molecule has 1 fully saturated rings. The number of aromatic hydroxyl groups is 1. The van der Waals surface area contributed by atoms with Crippen LogP contribution in [0.2, 0.25) is 0 Å². The van der Waals surface area contributed by atoms with E-state index in [1.54, 1.807) is 49.5 Å². The van der Waals surface area contributed by atoms with Gasteiger partial charge in [0, 0.05) is 40.8 Å². The largest absolute Gasteiger partial charge is 0.508 e. The van der Waals surface area contributed by atoms with Crippen LogP contribution in [0, 0.1) is 6.92 Å². The molecule has 6 nitrogen and oxygen atoms in total. The van der Waals surface area contributed by atoms with Gasteiger partial charge < -0.3 is 24.8 Å². The van der Waals surface area contributed by atoms with Crippen molar-refractivity contribution in [1.29, 1.82) is 0 Å². The molecule has 0 aliphatic carbocycles. The molecule has 1 aliphatic rings. The fraction of sp³-hybridized carbons (Fsp3) is 0.520. The zero-order valence-corrected chi connectivity index (χ0v) is 21.1. The maximum absolute atomic E-state index is 10.2. The van der Waals surface area contributed by atoms with E-state index in [-0.39, 0.29) is 30.8 Å². The first-order valence-corrected chi connectivity index (χ1v) is 13.2. The summed E-state index contributed by atoms with van der Waals surface area (Å²) in [5.74, 6) is 0.694. The van der Waals surface area contributed by atoms with E-state index in [0.717, 1.165) is 29.5 Å². The Balaban J connectivity index is 1.65. The van der Waals surface area contributed by atoms with Crippen molar-refractivity contribution < 1.29 is 24.8 Å². The molecule has 0 saturated carbocycles. The molecule has 182 valence electrons. The number of aryl methyl sites for hydroxylation is 1. The Morgan fingerprint density at radius 1 is 1.00 bits per heavy atom. The zero-order valence-electron chi connectivity index (χ0n) is 19.5. The van der Waals surface area contributed by atoms with Crippen LogP contribution in [0.15, 0.2) is 58.3 Å². The van der Waals surface area contributed by atoms with Crippen molar-refractivity contribution >= 4 is 23.5 Å². The van der Waals surface area contributed by atoms with Crippen LogP contribution in [0.4, 0.5) is 0 Å². The number of hydrogen-bond donors (Lipinski definition) is 3. The molecule has 2 aromatic carbocycles. The van der Waals surface area contributed by atoms with Gasteiger partial charge in [0.1, 0.15) is 18.1 Å². The molecule has 1 aliphatic heterocycles. The van der Waals surface area contributed by atoms with E-state index in [1.807, 2.05) is 12.1 Å². The molecule has 1 heterocycles. The average Bonchev–Trinajstić information content (AvgIpc) is 3.16. The topological polar surface area (TPSA) is 82.4 Å². The molecular weight excluding hydrogens is 458 g/mol. The molecule has 1 unspecified atom stereocenters. The molecule has 0 bridgehead atoms. The first-order chi connectivity index (χ1) is 15.7. The average molecular weight is 494 g/mol. The number of hydrogen-bond acceptors (Lipinski definition) is 8. The lowest BCUT2D eigenvalue weighted by molar-refractivity contribution is -0.229. The number of nitrogens with zero attached hydrogens (tertiary/aromatic N) is 1. The number of benzene rings is 2. The van der Waals surface area contributed by atoms with E-state index in [0.29, 0.717) is 6.42 Å². The van der Waals surface area contributed by atoms with Gasteiger partial charge in [0.05, 0.1) is 12.7 Å². The molecule has 3 rings (SSSR count). The molecule has 0 spiro atoms. The molecule has 33 heavy (non-hydrogen) atoms. The number of thioether (sulfide) groups is 2. The third kappa shape index (κ3) is 8.79. The van der Waals surface area contributed by atoms with Crippen LogP contribution >= 0.6 is 23.5 Å². The molecule has 0 amide bonds. The second-order valence-corrected chi connectivity index (χ2v) is 11.0. The Morgan fingerprint density at radius 3 is 2.06 bits per heavy atom. The van der Waals surface area contributed by atoms with Crippen molar-refractivity contribution in [3.05, 3.63) is 54.1 Å². The summed E-state index contributed by atoms with van der Waals surface area (Å²) in [7, 11) is 0. The van der Waals surface area contributed by atoms with E-state index < -0.39 is 5.79 Å². The Morgan fingerprint density at radius 2 is 1.55 bits per heavy atom. The van der Waals surface area contributed by atoms with Gasteiger partial charge in [0.15, 0.2) is 5.79 Å². The predicted molar refractivity (Wildman–Crippen MR) is 134 cm³/mol. The van der Waals surface area contributed by atoms with Gasteiger partial charge in [-0.2, -0.15) is 0 Å². The summed E-state index contributed by atoms with van der Waals surface area (Å²) in [6, 6.07) is 15.7. The van der Waals surface area contributed by atoms with E-state index in [9.17, 15) is 15.3 Å². The minimum Gasteiger partial charge on any atom is -0.508 e. The highest BCUT2D eigenvalue weighted by molar-refractivity contribution is 7.99. The highest BCUT2D eigenvalue weighted by Crippen LogP contribution is 2.30. The van der Waals surface area contributed by atoms with E-state index in [4.69, 9.17) is 9.47 Å². The molecule has 0 radical (unpaired) electrons. The summed E-state index contributed by atoms with van der Waals surface area (Å²) in [5.41, 5.74) is 1.24. The van der Waals surface area contributed by atoms with Crippen LogP contribution < -0.4 is 0 Å². The molecule has 2 aromatic rings. The number of ether oxygens (including phenoxy) is 2. The lowest BCUT2D eigenvalue weighted by atomic mass is 10.1. The minimum absolute atomic E-state index is 0.0730. The third-order valence-corrected chi connectivity index (χ3v) is 7.28. The second kappa shape index (κ2) is 12.4. The molecule has 8 heteroatoms. The standard InChI is InChI=1S/C25H35NO5S2/c1-18-4-8-21(9-5-18)32-14-12-26(13-15-33-22-10-6-19(28)7-11-22)24-23(31-25(2,3)29)16-20(17-27)30-24/h4-11,20,23-24,27-29H,12-17H2,1-3H3/t20-,23+,24?/m0/s1. The lowest BCUT2D eigenvalue weighted by Crippen LogP contribution is -2.47. The van der Waals surface area contributed by atoms with E-state index in [1.165, 1.54) is 10.5 Å². The summed E-state index contributed by atoms with van der Waals surface area (Å²) >= 11 is 3.51. The third-order valence-electron chi connectivity index (χ3n) is 5.30. The SMILES string of the molecule is Cc1ccc(SCCN(CCSc2ccc(O)cc2)C2O[C@H](CO)C[C@H]2OC(C)(C)O)cc1. The Bertz CT molecular complexity index is 790. The molecular formula is C25H35NO5S2. The Kier molecular flexibility index (Phi) is 9.94. The van der Waals surface area contributed by atoms with Crippen molar-refractivity contribution in [3.63, 3.8) is 0 Å². The van der Waals surface area contributed by atoms with Gasteiger partial charge in [0.2, 0.25) is 0 Å². The lowest BCUT2D eigenvalue weighted by Gasteiger charge is -2.34. The van der Waals surface area contributed by atoms with Crippen LogP contribution in [-0.2, 0) is 9.47 Å². The Hall–Kier alpha value is -1.26. The first kappa shape index (κ1) is 26.3. The normalized spacial score (nSPS) is 21.1. The van der Waals surface area contributed by atoms with Crippen molar-refractivity contribution in [2.24, 2.45) is 0 Å². The molecule has 3 atom stereocenters. The van der Waals surface area contributed by atoms with Crippen LogP contribution in [0.3, 0.4) is 0 Å². The summed E-state index contributed by atoms with van der Waals surface area (Å²) in [4.78, 5) is 4.57. The van der Waals surface area contributed by atoms with Crippen LogP contribution in [0.5, 0.6) is 5.75 Å². The Labute approximate surface area is 205 Å². The molecule has 0 aromatic heterocycles. The van der Waals surface area contributed by atoms with Gasteiger partial charge in [-0.05, 0) is 57.2 Å². The highest BCUT2D eigenvalue weighted by atomic mass is 32.2. The quantitative estimate of drug-likeness (QED) is 0.301. The van der Waals surface area contributed by atoms with Gasteiger partial charge in [0.25, 0.3) is 0 Å². The smallest absolute Gasteiger partial charge is 0.160 e. The van der Waals surface area contributed by atoms with Gasteiger partial charge in [-0.1, -0.05) is 17.7 Å². The summed E-state index contributed by atoms with van der Waals surface area (Å²) in [6.07, 6.45) is -0.435. The summed E-state index contributed by atoms with van der Waals surface area (Å²) in [5, 5.41) is 29.4. The summed E-state index contributed by atoms with van der Waals surface area (Å²) in [6.45, 7) is 6.79. The monoisotopic (exact) mass is 493 g/mol. The minimum atomic E-state index is -1.28. The van der Waals surface area contributed by atoms with Gasteiger partial charge in [-0.15, -0.1) is 23.5 Å². The van der Waals surface area contributed by atoms with Crippen molar-refractivity contribution in [2.45, 2.75) is 61.2 Å². The van der Waals surface area contributed by atoms with Crippen molar-refractivity contribution in [3.8, 4) is 5.75 Å². The van der Waals surface area contributed by atoms with E-state index in [2.05, 4.69) is 36.1 Å². The van der Waals surface area contributed by atoms with Gasteiger partial charge in [-0.25, -0.2) is 0 Å². The summed E-state index contributed by atoms with van der Waals surface area (Å²) < 4.78 is 12.1. The zero-order chi connectivity index (χ0) is 23.8. The fourth-order valence-corrected chi connectivity index (χ4v) is 5.52. The fourth-order valence-electron chi connectivity index (χ4n) is 3.74. The number of aliphatic hydroxyl groups is 2. The number of aliphatic hydroxyl groups excluding tert-OH is 1. The van der Waals surface area contributed by atoms with E-state index >= 15 is 0 Å². The highest BCUT2D eigenvalue weighted by Gasteiger charge is 2.41. The van der Waals surface area contributed by atoms with Gasteiger partial charge >= 0.3 is 0 Å². The molecule has 3 N–H and O–H groups in total. The first-order valence-electron chi connectivity index (χ1n) is 11.3. The number of phenols is 1. The maximum Gasteiger partial charge on any atom is 0.160 e. The maximum atomic E-state index is 10.2.